The number of aliphatic hydroxyl groups is 1. The van der Waals surface area contributed by atoms with Gasteiger partial charge in [0.25, 0.3) is 0 Å². The van der Waals surface area contributed by atoms with Crippen molar-refractivity contribution in [1.29, 1.82) is 0 Å². The molecular formula is C17H34Cl2N2O2. The summed E-state index contributed by atoms with van der Waals surface area (Å²) in [6, 6.07) is 0.664. The van der Waals surface area contributed by atoms with Crippen LogP contribution in [0.25, 0.3) is 0 Å². The van der Waals surface area contributed by atoms with Gasteiger partial charge in [-0.1, -0.05) is 0 Å². The van der Waals surface area contributed by atoms with Crippen molar-refractivity contribution in [2.45, 2.75) is 57.4 Å². The molecule has 3 N–H and O–H groups in total. The van der Waals surface area contributed by atoms with E-state index in [1.54, 1.807) is 0 Å². The normalized spacial score (nSPS) is 27.0. The molecule has 0 unspecified atom stereocenters. The van der Waals surface area contributed by atoms with Gasteiger partial charge in [-0.15, -0.1) is 24.8 Å². The molecule has 1 spiro atoms. The maximum Gasteiger partial charge on any atom is 0.0501 e. The van der Waals surface area contributed by atoms with Crippen LogP contribution in [0.15, 0.2) is 0 Å². The van der Waals surface area contributed by atoms with Crippen LogP contribution in [0.2, 0.25) is 0 Å². The summed E-state index contributed by atoms with van der Waals surface area (Å²) >= 11 is 0. The van der Waals surface area contributed by atoms with Gasteiger partial charge in [-0.25, -0.2) is 0 Å². The molecule has 0 amide bonds. The van der Waals surface area contributed by atoms with Crippen molar-refractivity contribution in [3.63, 3.8) is 0 Å². The summed E-state index contributed by atoms with van der Waals surface area (Å²) in [4.78, 5) is 0. The first-order valence-corrected chi connectivity index (χ1v) is 8.89. The van der Waals surface area contributed by atoms with Gasteiger partial charge in [0.15, 0.2) is 0 Å². The van der Waals surface area contributed by atoms with Crippen molar-refractivity contribution in [2.75, 3.05) is 39.5 Å². The molecule has 1 saturated carbocycles. The molecule has 3 rings (SSSR count). The molecule has 1 aliphatic carbocycles. The lowest BCUT2D eigenvalue weighted by atomic mass is 9.67. The van der Waals surface area contributed by atoms with Gasteiger partial charge >= 0.3 is 0 Å². The van der Waals surface area contributed by atoms with Crippen LogP contribution in [-0.2, 0) is 4.74 Å². The summed E-state index contributed by atoms with van der Waals surface area (Å²) in [5.74, 6) is 0. The molecule has 0 aromatic heterocycles. The van der Waals surface area contributed by atoms with Crippen LogP contribution in [0.1, 0.15) is 51.4 Å². The SMILES string of the molecule is Cl.Cl.OCC1(CNC2CCC3(CCNCC3)CC2)CCOCC1. The topological polar surface area (TPSA) is 53.5 Å². The lowest BCUT2D eigenvalue weighted by molar-refractivity contribution is -0.0180. The fraction of sp³-hybridized carbons (Fsp3) is 1.00. The standard InChI is InChI=1S/C17H32N2O2.2ClH/c20-14-17(7-11-21-12-8-17)13-19-15-1-3-16(4-2-15)5-9-18-10-6-16;;/h15,18-20H,1-14H2;2*1H. The fourth-order valence-electron chi connectivity index (χ4n) is 4.45. The maximum atomic E-state index is 9.77. The molecule has 0 atom stereocenters. The van der Waals surface area contributed by atoms with Crippen molar-refractivity contribution < 1.29 is 9.84 Å². The second kappa shape index (κ2) is 9.79. The van der Waals surface area contributed by atoms with Crippen molar-refractivity contribution in [3.05, 3.63) is 0 Å². The Morgan fingerprint density at radius 2 is 1.57 bits per heavy atom. The predicted octanol–water partition coefficient (Wildman–Crippen LogP) is 2.52. The highest BCUT2D eigenvalue weighted by atomic mass is 35.5. The smallest absolute Gasteiger partial charge is 0.0501 e. The Balaban J connectivity index is 0.00000132. The summed E-state index contributed by atoms with van der Waals surface area (Å²) in [7, 11) is 0. The second-order valence-electron chi connectivity index (χ2n) is 7.68. The summed E-state index contributed by atoms with van der Waals surface area (Å²) in [5, 5.41) is 17.0. The van der Waals surface area contributed by atoms with E-state index in [0.717, 1.165) is 32.6 Å². The molecule has 3 aliphatic rings. The van der Waals surface area contributed by atoms with Crippen molar-refractivity contribution in [3.8, 4) is 0 Å². The van der Waals surface area contributed by atoms with Crippen molar-refractivity contribution in [2.24, 2.45) is 10.8 Å². The van der Waals surface area contributed by atoms with E-state index in [1.807, 2.05) is 0 Å². The van der Waals surface area contributed by atoms with Gasteiger partial charge in [0.1, 0.15) is 0 Å². The lowest BCUT2D eigenvalue weighted by Crippen LogP contribution is -2.48. The van der Waals surface area contributed by atoms with Crippen LogP contribution in [0, 0.1) is 10.8 Å². The molecule has 138 valence electrons. The molecule has 2 heterocycles. The summed E-state index contributed by atoms with van der Waals surface area (Å²) < 4.78 is 5.45. The van der Waals surface area contributed by atoms with Gasteiger partial charge in [-0.2, -0.15) is 0 Å². The Morgan fingerprint density at radius 1 is 0.957 bits per heavy atom. The van der Waals surface area contributed by atoms with Gasteiger partial charge in [-0.3, -0.25) is 0 Å². The molecule has 2 saturated heterocycles. The van der Waals surface area contributed by atoms with Gasteiger partial charge in [0, 0.05) is 31.2 Å². The number of ether oxygens (including phenoxy) is 1. The predicted molar refractivity (Wildman–Crippen MR) is 98.9 cm³/mol. The maximum absolute atomic E-state index is 9.77. The summed E-state index contributed by atoms with van der Waals surface area (Å²) in [6.45, 7) is 5.31. The molecule has 2 aliphatic heterocycles. The summed E-state index contributed by atoms with van der Waals surface area (Å²) in [6.07, 6.45) is 10.2. The van der Waals surface area contributed by atoms with E-state index in [2.05, 4.69) is 10.6 Å². The Bertz CT molecular complexity index is 323. The van der Waals surface area contributed by atoms with Crippen LogP contribution in [0.5, 0.6) is 0 Å². The van der Waals surface area contributed by atoms with Gasteiger partial charge < -0.3 is 20.5 Å². The van der Waals surface area contributed by atoms with E-state index < -0.39 is 0 Å². The molecule has 4 nitrogen and oxygen atoms in total. The third-order valence-electron chi connectivity index (χ3n) is 6.37. The molecule has 23 heavy (non-hydrogen) atoms. The largest absolute Gasteiger partial charge is 0.396 e. The van der Waals surface area contributed by atoms with Gasteiger partial charge in [0.05, 0.1) is 6.61 Å². The van der Waals surface area contributed by atoms with Crippen molar-refractivity contribution in [1.82, 2.24) is 10.6 Å². The minimum Gasteiger partial charge on any atom is -0.396 e. The third kappa shape index (κ3) is 5.45. The first kappa shape index (κ1) is 21.5. The van der Waals surface area contributed by atoms with E-state index in [0.29, 0.717) is 18.1 Å². The molecule has 0 radical (unpaired) electrons. The van der Waals surface area contributed by atoms with Crippen molar-refractivity contribution >= 4 is 24.8 Å². The number of rotatable bonds is 4. The highest BCUT2D eigenvalue weighted by Gasteiger charge is 2.37. The van der Waals surface area contributed by atoms with Crippen LogP contribution in [-0.4, -0.2) is 50.6 Å². The number of aliphatic hydroxyl groups excluding tert-OH is 1. The highest BCUT2D eigenvalue weighted by Crippen LogP contribution is 2.43. The van der Waals surface area contributed by atoms with Crippen LogP contribution in [0.4, 0.5) is 0 Å². The molecule has 3 fully saturated rings. The van der Waals surface area contributed by atoms with E-state index in [1.165, 1.54) is 51.6 Å². The van der Waals surface area contributed by atoms with Crippen LogP contribution >= 0.6 is 24.8 Å². The number of piperidine rings is 1. The lowest BCUT2D eigenvalue weighted by Gasteiger charge is -2.44. The number of halogens is 2. The molecule has 0 bridgehead atoms. The zero-order valence-corrected chi connectivity index (χ0v) is 15.8. The number of hydrogen-bond acceptors (Lipinski definition) is 4. The highest BCUT2D eigenvalue weighted by molar-refractivity contribution is 5.85. The Labute approximate surface area is 153 Å². The zero-order valence-electron chi connectivity index (χ0n) is 14.1. The third-order valence-corrected chi connectivity index (χ3v) is 6.37. The first-order valence-electron chi connectivity index (χ1n) is 8.89. The molecular weight excluding hydrogens is 335 g/mol. The Hall–Kier alpha value is 0.420. The average molecular weight is 369 g/mol. The fourth-order valence-corrected chi connectivity index (χ4v) is 4.45. The molecule has 0 aromatic rings. The minimum absolute atomic E-state index is 0. The minimum atomic E-state index is 0. The van der Waals surface area contributed by atoms with Crippen LogP contribution < -0.4 is 10.6 Å². The van der Waals surface area contributed by atoms with Gasteiger partial charge in [0.2, 0.25) is 0 Å². The Morgan fingerprint density at radius 3 is 2.13 bits per heavy atom. The van der Waals surface area contributed by atoms with E-state index in [4.69, 9.17) is 4.74 Å². The first-order chi connectivity index (χ1) is 10.3. The van der Waals surface area contributed by atoms with E-state index in [9.17, 15) is 5.11 Å². The second-order valence-corrected chi connectivity index (χ2v) is 7.68. The molecule has 6 heteroatoms. The number of nitrogens with one attached hydrogen (secondary N) is 2. The molecule has 0 aromatic carbocycles. The van der Waals surface area contributed by atoms with Crippen LogP contribution in [0.3, 0.4) is 0 Å². The quantitative estimate of drug-likeness (QED) is 0.713. The van der Waals surface area contributed by atoms with Gasteiger partial charge in [-0.05, 0) is 69.9 Å². The average Bonchev–Trinajstić information content (AvgIpc) is 2.56. The summed E-state index contributed by atoms with van der Waals surface area (Å²) in [5.41, 5.74) is 0.721. The van der Waals surface area contributed by atoms with E-state index >= 15 is 0 Å². The monoisotopic (exact) mass is 368 g/mol. The van der Waals surface area contributed by atoms with E-state index in [-0.39, 0.29) is 30.2 Å². The Kier molecular flexibility index (Phi) is 9.13. The number of hydrogen-bond donors (Lipinski definition) is 3. The zero-order chi connectivity index (χ0) is 14.6.